The number of hydrogen-bond donors (Lipinski definition) is 1. The van der Waals surface area contributed by atoms with Crippen molar-refractivity contribution in [3.63, 3.8) is 0 Å². The Balaban J connectivity index is 1.98. The molecule has 108 valence electrons. The maximum Gasteiger partial charge on any atom is 0.416 e. The van der Waals surface area contributed by atoms with E-state index in [1.807, 2.05) is 0 Å². The van der Waals surface area contributed by atoms with Gasteiger partial charge in [-0.3, -0.25) is 0 Å². The lowest BCUT2D eigenvalue weighted by Gasteiger charge is -2.08. The number of nitrogen functional groups attached to an aromatic ring is 1. The van der Waals surface area contributed by atoms with Gasteiger partial charge >= 0.3 is 6.18 Å². The summed E-state index contributed by atoms with van der Waals surface area (Å²) in [7, 11) is 0. The van der Waals surface area contributed by atoms with Gasteiger partial charge in [0.15, 0.2) is 5.76 Å². The molecule has 21 heavy (non-hydrogen) atoms. The van der Waals surface area contributed by atoms with Gasteiger partial charge in [0.1, 0.15) is 0 Å². The van der Waals surface area contributed by atoms with E-state index in [0.717, 1.165) is 12.1 Å². The molecule has 0 atom stereocenters. The summed E-state index contributed by atoms with van der Waals surface area (Å²) < 4.78 is 47.8. The molecule has 0 aliphatic heterocycles. The molecule has 0 saturated heterocycles. The van der Waals surface area contributed by atoms with E-state index < -0.39 is 11.7 Å². The molecule has 0 fully saturated rings. The molecule has 8 heteroatoms. The van der Waals surface area contributed by atoms with E-state index in [1.165, 1.54) is 12.3 Å². The number of nitrogens with zero attached hydrogens (tertiary/aromatic N) is 2. The van der Waals surface area contributed by atoms with Crippen LogP contribution < -0.4 is 5.73 Å². The summed E-state index contributed by atoms with van der Waals surface area (Å²) in [6.45, 7) is 0. The van der Waals surface area contributed by atoms with Crippen molar-refractivity contribution in [2.45, 2.75) is 6.18 Å². The molecule has 3 rings (SSSR count). The van der Waals surface area contributed by atoms with Gasteiger partial charge in [-0.25, -0.2) is 0 Å². The Bertz CT molecular complexity index is 763. The molecule has 0 amide bonds. The summed E-state index contributed by atoms with van der Waals surface area (Å²) in [6.07, 6.45) is -3.02. The first kappa shape index (κ1) is 13.2. The third-order valence-corrected chi connectivity index (χ3v) is 2.78. The van der Waals surface area contributed by atoms with Gasteiger partial charge < -0.3 is 14.7 Å². The Kier molecular flexibility index (Phi) is 2.93. The van der Waals surface area contributed by atoms with Crippen molar-refractivity contribution < 1.29 is 22.1 Å². The fraction of sp³-hybridized carbons (Fsp3) is 0.0769. The minimum Gasteiger partial charge on any atom is -0.461 e. The Morgan fingerprint density at radius 3 is 2.57 bits per heavy atom. The first-order valence-electron chi connectivity index (χ1n) is 5.80. The van der Waals surface area contributed by atoms with Crippen molar-refractivity contribution in [3.05, 3.63) is 42.2 Å². The first-order valence-corrected chi connectivity index (χ1v) is 5.80. The van der Waals surface area contributed by atoms with Gasteiger partial charge in [0.25, 0.3) is 5.89 Å². The molecular weight excluding hydrogens is 287 g/mol. The summed E-state index contributed by atoms with van der Waals surface area (Å²) in [4.78, 5) is 4.04. The minimum absolute atomic E-state index is 0.0209. The molecule has 0 unspecified atom stereocenters. The molecule has 1 aromatic carbocycles. The van der Waals surface area contributed by atoms with Crippen molar-refractivity contribution in [3.8, 4) is 23.0 Å². The lowest BCUT2D eigenvalue weighted by molar-refractivity contribution is -0.137. The second kappa shape index (κ2) is 4.65. The molecule has 0 spiro atoms. The molecule has 0 aliphatic rings. The van der Waals surface area contributed by atoms with E-state index in [1.54, 1.807) is 12.1 Å². The predicted octanol–water partition coefficient (Wildman–Crippen LogP) is 3.60. The molecule has 2 heterocycles. The molecule has 3 aromatic rings. The van der Waals surface area contributed by atoms with E-state index in [-0.39, 0.29) is 23.0 Å². The predicted molar refractivity (Wildman–Crippen MR) is 66.9 cm³/mol. The Hall–Kier alpha value is -2.77. The fourth-order valence-corrected chi connectivity index (χ4v) is 1.77. The maximum absolute atomic E-state index is 12.6. The lowest BCUT2D eigenvalue weighted by atomic mass is 10.1. The zero-order valence-electron chi connectivity index (χ0n) is 10.4. The van der Waals surface area contributed by atoms with Gasteiger partial charge in [-0.05, 0) is 30.3 Å². The van der Waals surface area contributed by atoms with Crippen LogP contribution in [0.2, 0.25) is 0 Å². The largest absolute Gasteiger partial charge is 0.461 e. The molecule has 2 aromatic heterocycles. The van der Waals surface area contributed by atoms with E-state index in [2.05, 4.69) is 10.1 Å². The molecule has 5 nitrogen and oxygen atoms in total. The standard InChI is InChI=1S/C13H8F3N3O2/c14-13(15,16)7-3-4-8(9(17)6-7)12-18-11(19-21-12)10-2-1-5-20-10/h1-6H,17H2. The highest BCUT2D eigenvalue weighted by Gasteiger charge is 2.31. The summed E-state index contributed by atoms with van der Waals surface area (Å²) in [5.74, 6) is 0.595. The van der Waals surface area contributed by atoms with Crippen molar-refractivity contribution in [1.29, 1.82) is 0 Å². The Labute approximate surface area is 116 Å². The zero-order chi connectivity index (χ0) is 15.0. The van der Waals surface area contributed by atoms with Crippen LogP contribution in [0.15, 0.2) is 45.5 Å². The van der Waals surface area contributed by atoms with Crippen LogP contribution in [0.25, 0.3) is 23.0 Å². The van der Waals surface area contributed by atoms with Gasteiger partial charge in [-0.2, -0.15) is 18.2 Å². The summed E-state index contributed by atoms with van der Waals surface area (Å²) >= 11 is 0. The number of anilines is 1. The number of alkyl halides is 3. The molecule has 0 radical (unpaired) electrons. The van der Waals surface area contributed by atoms with Crippen LogP contribution >= 0.6 is 0 Å². The summed E-state index contributed by atoms with van der Waals surface area (Å²) in [6, 6.07) is 6.20. The number of hydrogen-bond acceptors (Lipinski definition) is 5. The molecule has 2 N–H and O–H groups in total. The molecule has 0 saturated carbocycles. The monoisotopic (exact) mass is 295 g/mol. The van der Waals surface area contributed by atoms with Gasteiger partial charge in [0.2, 0.25) is 5.82 Å². The number of rotatable bonds is 2. The summed E-state index contributed by atoms with van der Waals surface area (Å²) in [5, 5.41) is 3.69. The van der Waals surface area contributed by atoms with Crippen LogP contribution in [-0.2, 0) is 6.18 Å². The van der Waals surface area contributed by atoms with Crippen LogP contribution in [-0.4, -0.2) is 10.1 Å². The SMILES string of the molecule is Nc1cc(C(F)(F)F)ccc1-c1nc(-c2ccco2)no1. The summed E-state index contributed by atoms with van der Waals surface area (Å²) in [5.41, 5.74) is 4.92. The first-order chi connectivity index (χ1) is 9.95. The second-order valence-electron chi connectivity index (χ2n) is 4.20. The smallest absolute Gasteiger partial charge is 0.416 e. The zero-order valence-corrected chi connectivity index (χ0v) is 10.4. The van der Waals surface area contributed by atoms with Crippen LogP contribution in [0, 0.1) is 0 Å². The highest BCUT2D eigenvalue weighted by atomic mass is 19.4. The number of nitrogens with two attached hydrogens (primary N) is 1. The van der Waals surface area contributed by atoms with Crippen LogP contribution in [0.4, 0.5) is 18.9 Å². The highest BCUT2D eigenvalue weighted by Crippen LogP contribution is 2.34. The van der Waals surface area contributed by atoms with Crippen LogP contribution in [0.1, 0.15) is 5.56 Å². The number of benzene rings is 1. The average molecular weight is 295 g/mol. The molecule has 0 bridgehead atoms. The van der Waals surface area contributed by atoms with Gasteiger partial charge in [-0.15, -0.1) is 0 Å². The Morgan fingerprint density at radius 2 is 1.95 bits per heavy atom. The fourth-order valence-electron chi connectivity index (χ4n) is 1.77. The normalized spacial score (nSPS) is 11.8. The topological polar surface area (TPSA) is 78.1 Å². The quantitative estimate of drug-likeness (QED) is 0.731. The van der Waals surface area contributed by atoms with Crippen LogP contribution in [0.3, 0.4) is 0 Å². The minimum atomic E-state index is -4.46. The van der Waals surface area contributed by atoms with Gasteiger partial charge in [0.05, 0.1) is 17.4 Å². The van der Waals surface area contributed by atoms with Crippen molar-refractivity contribution in [2.24, 2.45) is 0 Å². The van der Waals surface area contributed by atoms with Gasteiger partial charge in [-0.1, -0.05) is 5.16 Å². The van der Waals surface area contributed by atoms with E-state index in [9.17, 15) is 13.2 Å². The third-order valence-electron chi connectivity index (χ3n) is 2.78. The van der Waals surface area contributed by atoms with Crippen molar-refractivity contribution >= 4 is 5.69 Å². The second-order valence-corrected chi connectivity index (χ2v) is 4.20. The number of furan rings is 1. The Morgan fingerprint density at radius 1 is 1.14 bits per heavy atom. The maximum atomic E-state index is 12.6. The number of aromatic nitrogens is 2. The van der Waals surface area contributed by atoms with E-state index in [4.69, 9.17) is 14.7 Å². The lowest BCUT2D eigenvalue weighted by Crippen LogP contribution is -2.06. The molecular formula is C13H8F3N3O2. The van der Waals surface area contributed by atoms with E-state index in [0.29, 0.717) is 5.76 Å². The van der Waals surface area contributed by atoms with Gasteiger partial charge in [0, 0.05) is 5.69 Å². The van der Waals surface area contributed by atoms with Crippen LogP contribution in [0.5, 0.6) is 0 Å². The number of halogens is 3. The average Bonchev–Trinajstić information content (AvgIpc) is 3.08. The highest BCUT2D eigenvalue weighted by molar-refractivity contribution is 5.72. The van der Waals surface area contributed by atoms with E-state index >= 15 is 0 Å². The molecule has 0 aliphatic carbocycles. The third kappa shape index (κ3) is 2.47. The van der Waals surface area contributed by atoms with Crippen molar-refractivity contribution in [2.75, 3.05) is 5.73 Å². The van der Waals surface area contributed by atoms with Crippen molar-refractivity contribution in [1.82, 2.24) is 10.1 Å².